The number of alkyl halides is 3. The molecule has 0 fully saturated rings. The average molecular weight is 250 g/mol. The van der Waals surface area contributed by atoms with E-state index >= 15 is 0 Å². The van der Waals surface area contributed by atoms with Gasteiger partial charge in [0.2, 0.25) is 0 Å². The van der Waals surface area contributed by atoms with Gasteiger partial charge in [0.25, 0.3) is 0 Å². The fourth-order valence-electron chi connectivity index (χ4n) is 0.948. The van der Waals surface area contributed by atoms with Gasteiger partial charge >= 0.3 is 6.36 Å². The number of ether oxygens (including phenoxy) is 1. The molecule has 0 atom stereocenters. The van der Waals surface area contributed by atoms with Gasteiger partial charge in [0, 0.05) is 5.75 Å². The Morgan fingerprint density at radius 2 is 1.88 bits per heavy atom. The molecule has 0 radical (unpaired) electrons. The Kier molecular flexibility index (Phi) is 4.05. The predicted molar refractivity (Wildman–Crippen MR) is 56.3 cm³/mol. The molecule has 16 heavy (non-hydrogen) atoms. The van der Waals surface area contributed by atoms with Crippen molar-refractivity contribution in [3.8, 4) is 5.75 Å². The molecule has 0 saturated carbocycles. The maximum absolute atomic E-state index is 11.8. The summed E-state index contributed by atoms with van der Waals surface area (Å²) in [5, 5.41) is 6.94. The van der Waals surface area contributed by atoms with E-state index in [2.05, 4.69) is 4.74 Å². The van der Waals surface area contributed by atoms with Crippen molar-refractivity contribution >= 4 is 16.9 Å². The molecule has 1 aromatic carbocycles. The molecule has 7 heteroatoms. The van der Waals surface area contributed by atoms with Crippen LogP contribution in [0.25, 0.3) is 0 Å². The second kappa shape index (κ2) is 5.11. The maximum atomic E-state index is 11.8. The minimum absolute atomic E-state index is 0.0318. The third-order valence-corrected chi connectivity index (χ3v) is 2.34. The van der Waals surface area contributed by atoms with Crippen molar-refractivity contribution in [2.45, 2.75) is 12.1 Å². The highest BCUT2D eigenvalue weighted by molar-refractivity contribution is 8.13. The Hall–Kier alpha value is -1.37. The van der Waals surface area contributed by atoms with E-state index in [1.165, 1.54) is 24.3 Å². The minimum atomic E-state index is -4.67. The van der Waals surface area contributed by atoms with E-state index < -0.39 is 6.36 Å². The summed E-state index contributed by atoms with van der Waals surface area (Å²) in [5.41, 5.74) is 5.90. The van der Waals surface area contributed by atoms with E-state index in [-0.39, 0.29) is 10.9 Å². The normalized spacial score (nSPS) is 11.2. The van der Waals surface area contributed by atoms with Crippen LogP contribution >= 0.6 is 11.8 Å². The molecule has 3 nitrogen and oxygen atoms in total. The number of halogens is 3. The van der Waals surface area contributed by atoms with Crippen molar-refractivity contribution in [2.24, 2.45) is 5.73 Å². The number of thioether (sulfide) groups is 1. The molecule has 0 amide bonds. The molecular weight excluding hydrogens is 241 g/mol. The minimum Gasteiger partial charge on any atom is -0.406 e. The second-order valence-corrected chi connectivity index (χ2v) is 3.86. The molecule has 1 aromatic rings. The van der Waals surface area contributed by atoms with Crippen LogP contribution in [0.5, 0.6) is 5.75 Å². The maximum Gasteiger partial charge on any atom is 0.573 e. The topological polar surface area (TPSA) is 59.1 Å². The second-order valence-electron chi connectivity index (χ2n) is 2.84. The van der Waals surface area contributed by atoms with E-state index in [0.717, 1.165) is 17.3 Å². The van der Waals surface area contributed by atoms with Crippen molar-refractivity contribution in [2.75, 3.05) is 0 Å². The van der Waals surface area contributed by atoms with Crippen LogP contribution in [0.3, 0.4) is 0 Å². The molecule has 0 aliphatic heterocycles. The lowest BCUT2D eigenvalue weighted by atomic mass is 10.2. The first-order chi connectivity index (χ1) is 7.37. The van der Waals surface area contributed by atoms with Gasteiger partial charge in [-0.3, -0.25) is 5.41 Å². The van der Waals surface area contributed by atoms with E-state index in [9.17, 15) is 13.2 Å². The highest BCUT2D eigenvalue weighted by Gasteiger charge is 2.30. The van der Waals surface area contributed by atoms with Gasteiger partial charge in [-0.15, -0.1) is 13.2 Å². The van der Waals surface area contributed by atoms with E-state index in [4.69, 9.17) is 11.1 Å². The first-order valence-corrected chi connectivity index (χ1v) is 5.17. The number of nitrogens with one attached hydrogen (secondary N) is 1. The number of nitrogens with two attached hydrogens (primary N) is 1. The standard InChI is InChI=1S/C9H9F3N2OS/c10-9(11,12)15-7-3-1-6(2-4-7)5-16-8(13)14/h1-4H,5H2,(H3,13,14). The van der Waals surface area contributed by atoms with Crippen LogP contribution in [0.4, 0.5) is 13.2 Å². The Labute approximate surface area is 94.3 Å². The Bertz CT molecular complexity index is 364. The third-order valence-electron chi connectivity index (χ3n) is 1.55. The van der Waals surface area contributed by atoms with Crippen LogP contribution in [0, 0.1) is 5.41 Å². The van der Waals surface area contributed by atoms with Crippen LogP contribution < -0.4 is 10.5 Å². The number of hydrogen-bond acceptors (Lipinski definition) is 3. The van der Waals surface area contributed by atoms with Gasteiger partial charge in [0.1, 0.15) is 5.75 Å². The summed E-state index contributed by atoms with van der Waals surface area (Å²) in [6, 6.07) is 5.45. The van der Waals surface area contributed by atoms with Crippen LogP contribution in [-0.2, 0) is 5.75 Å². The summed E-state index contributed by atoms with van der Waals surface area (Å²) in [7, 11) is 0. The summed E-state index contributed by atoms with van der Waals surface area (Å²) >= 11 is 1.10. The van der Waals surface area contributed by atoms with Crippen LogP contribution in [0.1, 0.15) is 5.56 Å². The fourth-order valence-corrected chi connectivity index (χ4v) is 1.46. The summed E-state index contributed by atoms with van der Waals surface area (Å²) in [5.74, 6) is 0.186. The molecular formula is C9H9F3N2OS. The zero-order valence-corrected chi connectivity index (χ0v) is 8.86. The van der Waals surface area contributed by atoms with Crippen molar-refractivity contribution in [1.29, 1.82) is 5.41 Å². The van der Waals surface area contributed by atoms with Crippen molar-refractivity contribution in [3.63, 3.8) is 0 Å². The lowest BCUT2D eigenvalue weighted by molar-refractivity contribution is -0.274. The molecule has 0 saturated heterocycles. The molecule has 0 aliphatic rings. The Morgan fingerprint density at radius 3 is 2.31 bits per heavy atom. The van der Waals surface area contributed by atoms with E-state index in [1.54, 1.807) is 0 Å². The molecule has 3 N–H and O–H groups in total. The molecule has 0 aliphatic carbocycles. The van der Waals surface area contributed by atoms with Crippen LogP contribution in [0.2, 0.25) is 0 Å². The zero-order chi connectivity index (χ0) is 12.2. The molecule has 0 aromatic heterocycles. The van der Waals surface area contributed by atoms with Gasteiger partial charge in [0.15, 0.2) is 5.17 Å². The number of amidine groups is 1. The summed E-state index contributed by atoms with van der Waals surface area (Å²) in [4.78, 5) is 0. The van der Waals surface area contributed by atoms with Gasteiger partial charge in [-0.25, -0.2) is 0 Å². The van der Waals surface area contributed by atoms with Gasteiger partial charge < -0.3 is 10.5 Å². The monoisotopic (exact) mass is 250 g/mol. The number of hydrogen-bond donors (Lipinski definition) is 2. The van der Waals surface area contributed by atoms with Gasteiger partial charge in [-0.05, 0) is 17.7 Å². The smallest absolute Gasteiger partial charge is 0.406 e. The largest absolute Gasteiger partial charge is 0.573 e. The summed E-state index contributed by atoms with van der Waals surface area (Å²) in [6.07, 6.45) is -4.67. The molecule has 0 heterocycles. The van der Waals surface area contributed by atoms with Gasteiger partial charge in [-0.1, -0.05) is 23.9 Å². The summed E-state index contributed by atoms with van der Waals surface area (Å²) in [6.45, 7) is 0. The van der Waals surface area contributed by atoms with Crippen molar-refractivity contribution in [1.82, 2.24) is 0 Å². The van der Waals surface area contributed by atoms with Crippen LogP contribution in [-0.4, -0.2) is 11.5 Å². The predicted octanol–water partition coefficient (Wildman–Crippen LogP) is 2.71. The first kappa shape index (κ1) is 12.7. The lowest BCUT2D eigenvalue weighted by Crippen LogP contribution is -2.17. The van der Waals surface area contributed by atoms with Crippen molar-refractivity contribution < 1.29 is 17.9 Å². The Morgan fingerprint density at radius 1 is 1.31 bits per heavy atom. The fraction of sp³-hybridized carbons (Fsp3) is 0.222. The SMILES string of the molecule is N=C(N)SCc1ccc(OC(F)(F)F)cc1. The highest BCUT2D eigenvalue weighted by Crippen LogP contribution is 2.23. The quantitative estimate of drug-likeness (QED) is 0.640. The summed E-state index contributed by atoms with van der Waals surface area (Å²) < 4.78 is 39.2. The van der Waals surface area contributed by atoms with Gasteiger partial charge in [-0.2, -0.15) is 0 Å². The third kappa shape index (κ3) is 4.92. The van der Waals surface area contributed by atoms with Crippen LogP contribution in [0.15, 0.2) is 24.3 Å². The van der Waals surface area contributed by atoms with Crippen molar-refractivity contribution in [3.05, 3.63) is 29.8 Å². The van der Waals surface area contributed by atoms with E-state index in [0.29, 0.717) is 5.75 Å². The molecule has 88 valence electrons. The molecule has 0 bridgehead atoms. The zero-order valence-electron chi connectivity index (χ0n) is 8.04. The molecule has 0 unspecified atom stereocenters. The number of rotatable bonds is 3. The first-order valence-electron chi connectivity index (χ1n) is 4.18. The highest BCUT2D eigenvalue weighted by atomic mass is 32.2. The lowest BCUT2D eigenvalue weighted by Gasteiger charge is -2.08. The molecule has 1 rings (SSSR count). The number of benzene rings is 1. The van der Waals surface area contributed by atoms with Gasteiger partial charge in [0.05, 0.1) is 0 Å². The van der Waals surface area contributed by atoms with E-state index in [1.807, 2.05) is 0 Å². The molecule has 0 spiro atoms. The average Bonchev–Trinajstić information content (AvgIpc) is 2.14. The Balaban J connectivity index is 2.57.